The molecule has 0 spiro atoms. The van der Waals surface area contributed by atoms with Gasteiger partial charge < -0.3 is 20.5 Å². The van der Waals surface area contributed by atoms with E-state index in [0.717, 1.165) is 19.4 Å². The molecule has 0 saturated carbocycles. The molecule has 0 aliphatic carbocycles. The monoisotopic (exact) mass is 478 g/mol. The molecule has 0 radical (unpaired) electrons. The number of rotatable bonds is 9. The maximum absolute atomic E-state index is 13.8. The number of carbonyl (C=O) groups excluding carboxylic acids is 1. The molecule has 3 aromatic rings. The molecule has 1 aliphatic rings. The first kappa shape index (κ1) is 24.7. The number of carbonyl (C=O) groups is 1. The van der Waals surface area contributed by atoms with Crippen molar-refractivity contribution in [3.8, 4) is 22.9 Å². The summed E-state index contributed by atoms with van der Waals surface area (Å²) < 4.78 is 12.8. The molecule has 2 unspecified atom stereocenters. The molecule has 0 bridgehead atoms. The van der Waals surface area contributed by atoms with Gasteiger partial charge >= 0.3 is 0 Å². The van der Waals surface area contributed by atoms with E-state index in [4.69, 9.17) is 20.2 Å². The first-order chi connectivity index (χ1) is 16.9. The number of benzene rings is 2. The van der Waals surface area contributed by atoms with Crippen molar-refractivity contribution in [2.75, 3.05) is 20.3 Å². The summed E-state index contributed by atoms with van der Waals surface area (Å²) in [5.74, 6) is 0.805. The van der Waals surface area contributed by atoms with E-state index in [2.05, 4.69) is 5.32 Å². The average Bonchev–Trinajstić information content (AvgIpc) is 2.86. The minimum atomic E-state index is -0.859. The second-order valence-corrected chi connectivity index (χ2v) is 9.40. The van der Waals surface area contributed by atoms with Gasteiger partial charge in [0.1, 0.15) is 23.4 Å². The summed E-state index contributed by atoms with van der Waals surface area (Å²) in [6.07, 6.45) is 4.53. The molecule has 8 heteroatoms. The summed E-state index contributed by atoms with van der Waals surface area (Å²) in [6.45, 7) is 5.33. The highest BCUT2D eigenvalue weighted by atomic mass is 16.5. The molecule has 2 heterocycles. The Balaban J connectivity index is 1.76. The van der Waals surface area contributed by atoms with Crippen LogP contribution in [0.4, 0.5) is 0 Å². The Bertz CT molecular complexity index is 1250. The van der Waals surface area contributed by atoms with Crippen molar-refractivity contribution >= 4 is 16.8 Å². The van der Waals surface area contributed by atoms with Crippen molar-refractivity contribution in [2.45, 2.75) is 51.6 Å². The lowest BCUT2D eigenvalue weighted by atomic mass is 10.0. The number of methoxy groups -OCH3 is 1. The Kier molecular flexibility index (Phi) is 7.70. The van der Waals surface area contributed by atoms with Crippen LogP contribution in [0.15, 0.2) is 47.3 Å². The normalized spacial score (nSPS) is 16.9. The highest BCUT2D eigenvalue weighted by Crippen LogP contribution is 2.29. The Morgan fingerprint density at radius 3 is 2.71 bits per heavy atom. The predicted molar refractivity (Wildman–Crippen MR) is 137 cm³/mol. The number of nitrogens with two attached hydrogens (primary N) is 1. The fraction of sp³-hybridized carbons (Fsp3) is 0.444. The average molecular weight is 479 g/mol. The molecular weight excluding hydrogens is 444 g/mol. The van der Waals surface area contributed by atoms with Crippen molar-refractivity contribution in [2.24, 2.45) is 11.7 Å². The number of nitrogens with one attached hydrogen (secondary N) is 1. The highest BCUT2D eigenvalue weighted by Gasteiger charge is 2.28. The first-order valence-corrected chi connectivity index (χ1v) is 12.2. The third kappa shape index (κ3) is 5.48. The Morgan fingerprint density at radius 1 is 1.20 bits per heavy atom. The molecule has 1 saturated heterocycles. The summed E-state index contributed by atoms with van der Waals surface area (Å²) >= 11 is 0. The van der Waals surface area contributed by atoms with Gasteiger partial charge in [0, 0.05) is 11.6 Å². The summed E-state index contributed by atoms with van der Waals surface area (Å²) in [4.78, 5) is 31.1. The van der Waals surface area contributed by atoms with E-state index in [-0.39, 0.29) is 11.5 Å². The minimum Gasteiger partial charge on any atom is -0.497 e. The van der Waals surface area contributed by atoms with E-state index >= 15 is 0 Å². The van der Waals surface area contributed by atoms with Crippen LogP contribution in [0, 0.1) is 5.92 Å². The summed E-state index contributed by atoms with van der Waals surface area (Å²) in [7, 11) is 1.58. The Labute approximate surface area is 205 Å². The molecule has 1 aliphatic heterocycles. The number of primary amides is 1. The largest absolute Gasteiger partial charge is 0.497 e. The lowest BCUT2D eigenvalue weighted by molar-refractivity contribution is -0.122. The van der Waals surface area contributed by atoms with Crippen LogP contribution in [0.3, 0.4) is 0 Å². The summed E-state index contributed by atoms with van der Waals surface area (Å²) in [6, 6.07) is 12.2. The van der Waals surface area contributed by atoms with E-state index in [0.29, 0.717) is 46.4 Å². The van der Waals surface area contributed by atoms with Crippen molar-refractivity contribution in [1.82, 2.24) is 14.9 Å². The van der Waals surface area contributed by atoms with Crippen molar-refractivity contribution < 1.29 is 14.3 Å². The lowest BCUT2D eigenvalue weighted by Gasteiger charge is -2.24. The summed E-state index contributed by atoms with van der Waals surface area (Å²) in [5.41, 5.74) is 6.63. The van der Waals surface area contributed by atoms with Gasteiger partial charge in [0.2, 0.25) is 5.91 Å². The van der Waals surface area contributed by atoms with Crippen LogP contribution < -0.4 is 26.1 Å². The van der Waals surface area contributed by atoms with Crippen LogP contribution in [0.1, 0.15) is 45.6 Å². The SMILES string of the molecule is COc1cccc(-c2nc3ccc(OCCC4CCCCN4)cc3c(=O)n2C(C(N)=O)C(C)C)c1. The molecule has 35 heavy (non-hydrogen) atoms. The Morgan fingerprint density at radius 2 is 2.03 bits per heavy atom. The zero-order valence-corrected chi connectivity index (χ0v) is 20.6. The van der Waals surface area contributed by atoms with Gasteiger partial charge in [-0.15, -0.1) is 0 Å². The zero-order chi connectivity index (χ0) is 24.9. The molecule has 2 aromatic carbocycles. The number of aromatic nitrogens is 2. The minimum absolute atomic E-state index is 0.212. The van der Waals surface area contributed by atoms with Gasteiger partial charge in [0.15, 0.2) is 0 Å². The van der Waals surface area contributed by atoms with Gasteiger partial charge in [-0.2, -0.15) is 0 Å². The fourth-order valence-electron chi connectivity index (χ4n) is 4.73. The van der Waals surface area contributed by atoms with Crippen LogP contribution in [-0.4, -0.2) is 41.8 Å². The maximum atomic E-state index is 13.8. The number of nitrogens with zero attached hydrogens (tertiary/aromatic N) is 2. The molecule has 2 atom stereocenters. The molecule has 186 valence electrons. The van der Waals surface area contributed by atoms with Crippen LogP contribution in [0.2, 0.25) is 0 Å². The molecule has 3 N–H and O–H groups in total. The van der Waals surface area contributed by atoms with Crippen molar-refractivity contribution in [3.63, 3.8) is 0 Å². The number of hydrogen-bond donors (Lipinski definition) is 2. The van der Waals surface area contributed by atoms with E-state index in [1.807, 2.05) is 38.1 Å². The van der Waals surface area contributed by atoms with Gasteiger partial charge in [-0.05, 0) is 62.1 Å². The van der Waals surface area contributed by atoms with Gasteiger partial charge in [-0.1, -0.05) is 32.4 Å². The van der Waals surface area contributed by atoms with Gasteiger partial charge in [-0.25, -0.2) is 4.98 Å². The standard InChI is InChI=1S/C27H34N4O4/c1-17(2)24(25(28)32)31-26(18-7-6-9-20(15-18)34-3)30-23-11-10-21(16-22(23)27(31)33)35-14-12-19-8-4-5-13-29-19/h6-7,9-11,15-17,19,24,29H,4-5,8,12-14H2,1-3H3,(H2,28,32). The number of hydrogen-bond acceptors (Lipinski definition) is 6. The van der Waals surface area contributed by atoms with Crippen molar-refractivity contribution in [3.05, 3.63) is 52.8 Å². The topological polar surface area (TPSA) is 108 Å². The van der Waals surface area contributed by atoms with E-state index < -0.39 is 11.9 Å². The van der Waals surface area contributed by atoms with E-state index in [1.54, 1.807) is 25.3 Å². The molecule has 1 aromatic heterocycles. The van der Waals surface area contributed by atoms with Gasteiger partial charge in [0.25, 0.3) is 5.56 Å². The van der Waals surface area contributed by atoms with E-state index in [9.17, 15) is 9.59 Å². The van der Waals surface area contributed by atoms with E-state index in [1.165, 1.54) is 17.4 Å². The van der Waals surface area contributed by atoms with Gasteiger partial charge in [-0.3, -0.25) is 14.2 Å². The predicted octanol–water partition coefficient (Wildman–Crippen LogP) is 3.67. The number of fused-ring (bicyclic) bond motifs is 1. The number of ether oxygens (including phenoxy) is 2. The second-order valence-electron chi connectivity index (χ2n) is 9.40. The van der Waals surface area contributed by atoms with Gasteiger partial charge in [0.05, 0.1) is 24.6 Å². The van der Waals surface area contributed by atoms with Crippen molar-refractivity contribution in [1.29, 1.82) is 0 Å². The van der Waals surface area contributed by atoms with Crippen LogP contribution in [0.25, 0.3) is 22.3 Å². The summed E-state index contributed by atoms with van der Waals surface area (Å²) in [5, 5.41) is 3.90. The quantitative estimate of drug-likeness (QED) is 0.486. The highest BCUT2D eigenvalue weighted by molar-refractivity contribution is 5.84. The second kappa shape index (κ2) is 10.9. The molecule has 4 rings (SSSR count). The van der Waals surface area contributed by atoms with Crippen LogP contribution in [0.5, 0.6) is 11.5 Å². The Hall–Kier alpha value is -3.39. The molecule has 1 fully saturated rings. The molecular formula is C27H34N4O4. The lowest BCUT2D eigenvalue weighted by Crippen LogP contribution is -2.38. The smallest absolute Gasteiger partial charge is 0.262 e. The maximum Gasteiger partial charge on any atom is 0.262 e. The van der Waals surface area contributed by atoms with Crippen LogP contribution in [-0.2, 0) is 4.79 Å². The number of amides is 1. The zero-order valence-electron chi connectivity index (χ0n) is 20.6. The molecule has 8 nitrogen and oxygen atoms in total. The molecule has 1 amide bonds. The fourth-order valence-corrected chi connectivity index (χ4v) is 4.73. The first-order valence-electron chi connectivity index (χ1n) is 12.2. The third-order valence-electron chi connectivity index (χ3n) is 6.55. The number of piperidine rings is 1. The third-order valence-corrected chi connectivity index (χ3v) is 6.55. The van der Waals surface area contributed by atoms with Crippen LogP contribution >= 0.6 is 0 Å².